The van der Waals surface area contributed by atoms with Crippen molar-refractivity contribution >= 4 is 28.2 Å². The number of fused-ring (bicyclic) bond motifs is 1. The number of nitrogens with one attached hydrogen (secondary N) is 1. The third-order valence-corrected chi connectivity index (χ3v) is 7.16. The van der Waals surface area contributed by atoms with Gasteiger partial charge in [-0.15, -0.1) is 11.3 Å². The average Bonchev–Trinajstić information content (AvgIpc) is 3.10. The van der Waals surface area contributed by atoms with Gasteiger partial charge in [-0.2, -0.15) is 0 Å². The molecule has 1 N–H and O–H groups in total. The number of hydrogen-bond donors (Lipinski definition) is 1. The number of carbonyl (C=O) groups excluding carboxylic acids is 2. The van der Waals surface area contributed by atoms with Crippen LogP contribution in [0.5, 0.6) is 5.75 Å². The summed E-state index contributed by atoms with van der Waals surface area (Å²) < 4.78 is 11.0. The summed E-state index contributed by atoms with van der Waals surface area (Å²) in [6.07, 6.45) is 3.86. The number of anilines is 1. The molecule has 1 aromatic carbocycles. The van der Waals surface area contributed by atoms with Gasteiger partial charge in [0.1, 0.15) is 10.8 Å². The fourth-order valence-corrected chi connectivity index (χ4v) is 5.23. The van der Waals surface area contributed by atoms with E-state index in [1.165, 1.54) is 28.9 Å². The molecule has 0 fully saturated rings. The molecular weight excluding hydrogens is 398 g/mol. The van der Waals surface area contributed by atoms with Gasteiger partial charge in [-0.3, -0.25) is 4.79 Å². The average molecular weight is 430 g/mol. The Morgan fingerprint density at radius 2 is 2.00 bits per heavy atom. The number of methoxy groups -OCH3 is 1. The molecule has 1 aromatic heterocycles. The van der Waals surface area contributed by atoms with E-state index in [1.54, 1.807) is 0 Å². The van der Waals surface area contributed by atoms with Crippen LogP contribution in [0.2, 0.25) is 0 Å². The minimum Gasteiger partial charge on any atom is -0.481 e. The second-order valence-electron chi connectivity index (χ2n) is 7.97. The highest BCUT2D eigenvalue weighted by Crippen LogP contribution is 2.41. The largest absolute Gasteiger partial charge is 0.481 e. The maximum Gasteiger partial charge on any atom is 0.341 e. The standard InChI is InChI=1S/C24H31NO4S/c1-6-16-9-11-18-20(13-16)30-23(21(18)24(27)28-5)25-22(26)19(7-2)29-17-10-8-14(3)15(4)12-17/h8,10,12,16,19H,6-7,9,11,13H2,1-5H3,(H,25,26)/t16-,19+/m0/s1. The minimum absolute atomic E-state index is 0.244. The van der Waals surface area contributed by atoms with Crippen molar-refractivity contribution in [3.8, 4) is 5.75 Å². The van der Waals surface area contributed by atoms with Crippen LogP contribution in [0.3, 0.4) is 0 Å². The molecule has 3 rings (SSSR count). The highest BCUT2D eigenvalue weighted by atomic mass is 32.1. The molecule has 2 atom stereocenters. The van der Waals surface area contributed by atoms with E-state index in [0.717, 1.165) is 36.8 Å². The number of carbonyl (C=O) groups is 2. The molecular formula is C24H31NO4S. The van der Waals surface area contributed by atoms with Gasteiger partial charge < -0.3 is 14.8 Å². The highest BCUT2D eigenvalue weighted by molar-refractivity contribution is 7.17. The number of hydrogen-bond acceptors (Lipinski definition) is 5. The molecule has 2 aromatic rings. The zero-order chi connectivity index (χ0) is 21.8. The predicted molar refractivity (Wildman–Crippen MR) is 121 cm³/mol. The zero-order valence-electron chi connectivity index (χ0n) is 18.5. The Labute approximate surface area is 182 Å². The summed E-state index contributed by atoms with van der Waals surface area (Å²) in [5.74, 6) is 0.665. The summed E-state index contributed by atoms with van der Waals surface area (Å²) in [7, 11) is 1.38. The summed E-state index contributed by atoms with van der Waals surface area (Å²) >= 11 is 1.50. The van der Waals surface area contributed by atoms with E-state index in [0.29, 0.717) is 28.7 Å². The lowest BCUT2D eigenvalue weighted by Crippen LogP contribution is -2.32. The molecule has 1 heterocycles. The Hall–Kier alpha value is -2.34. The predicted octanol–water partition coefficient (Wildman–Crippen LogP) is 5.46. The highest BCUT2D eigenvalue weighted by Gasteiger charge is 2.30. The normalized spacial score (nSPS) is 16.5. The van der Waals surface area contributed by atoms with Gasteiger partial charge in [0.05, 0.1) is 12.7 Å². The third-order valence-electron chi connectivity index (χ3n) is 5.99. The fourth-order valence-electron chi connectivity index (χ4n) is 3.87. The zero-order valence-corrected chi connectivity index (χ0v) is 19.3. The van der Waals surface area contributed by atoms with Crippen LogP contribution in [0.25, 0.3) is 0 Å². The molecule has 0 unspecified atom stereocenters. The molecule has 0 saturated carbocycles. The number of amides is 1. The van der Waals surface area contributed by atoms with E-state index in [2.05, 4.69) is 12.2 Å². The van der Waals surface area contributed by atoms with E-state index in [9.17, 15) is 9.59 Å². The van der Waals surface area contributed by atoms with Gasteiger partial charge in [0.2, 0.25) is 0 Å². The monoisotopic (exact) mass is 429 g/mol. The van der Waals surface area contributed by atoms with E-state index in [-0.39, 0.29) is 11.9 Å². The summed E-state index contributed by atoms with van der Waals surface area (Å²) in [6, 6.07) is 5.81. The first-order chi connectivity index (χ1) is 14.4. The van der Waals surface area contributed by atoms with Gasteiger partial charge in [-0.25, -0.2) is 4.79 Å². The first-order valence-electron chi connectivity index (χ1n) is 10.6. The van der Waals surface area contributed by atoms with Crippen LogP contribution >= 0.6 is 11.3 Å². The molecule has 1 aliphatic carbocycles. The lowest BCUT2D eigenvalue weighted by molar-refractivity contribution is -0.122. The Kier molecular flexibility index (Phi) is 7.19. The minimum atomic E-state index is -0.639. The number of rotatable bonds is 7. The Morgan fingerprint density at radius 1 is 1.23 bits per heavy atom. The first-order valence-corrected chi connectivity index (χ1v) is 11.5. The van der Waals surface area contributed by atoms with Crippen molar-refractivity contribution in [1.82, 2.24) is 0 Å². The van der Waals surface area contributed by atoms with Crippen molar-refractivity contribution in [1.29, 1.82) is 0 Å². The molecule has 162 valence electrons. The topological polar surface area (TPSA) is 64.6 Å². The second kappa shape index (κ2) is 9.65. The van der Waals surface area contributed by atoms with Gasteiger partial charge in [0, 0.05) is 4.88 Å². The molecule has 0 radical (unpaired) electrons. The number of ether oxygens (including phenoxy) is 2. The number of esters is 1. The second-order valence-corrected chi connectivity index (χ2v) is 9.07. The molecule has 0 aliphatic heterocycles. The number of aryl methyl sites for hydroxylation is 2. The summed E-state index contributed by atoms with van der Waals surface area (Å²) in [4.78, 5) is 26.7. The van der Waals surface area contributed by atoms with Gasteiger partial charge >= 0.3 is 5.97 Å². The van der Waals surface area contributed by atoms with Crippen molar-refractivity contribution in [3.63, 3.8) is 0 Å². The van der Waals surface area contributed by atoms with E-state index in [1.807, 2.05) is 39.0 Å². The van der Waals surface area contributed by atoms with E-state index < -0.39 is 6.10 Å². The summed E-state index contributed by atoms with van der Waals surface area (Å²) in [6.45, 7) is 8.17. The Morgan fingerprint density at radius 3 is 2.63 bits per heavy atom. The van der Waals surface area contributed by atoms with Gasteiger partial charge in [0.25, 0.3) is 5.91 Å². The Balaban J connectivity index is 1.83. The van der Waals surface area contributed by atoms with Gasteiger partial charge in [0.15, 0.2) is 6.10 Å². The van der Waals surface area contributed by atoms with Gasteiger partial charge in [-0.05, 0) is 74.3 Å². The number of benzene rings is 1. The lowest BCUT2D eigenvalue weighted by Gasteiger charge is -2.20. The quantitative estimate of drug-likeness (QED) is 0.594. The maximum absolute atomic E-state index is 13.0. The third kappa shape index (κ3) is 4.69. The van der Waals surface area contributed by atoms with E-state index >= 15 is 0 Å². The van der Waals surface area contributed by atoms with Crippen LogP contribution in [0.1, 0.15) is 65.0 Å². The van der Waals surface area contributed by atoms with Crippen LogP contribution in [0, 0.1) is 19.8 Å². The molecule has 0 bridgehead atoms. The van der Waals surface area contributed by atoms with Crippen LogP contribution in [0.15, 0.2) is 18.2 Å². The molecule has 1 amide bonds. The molecule has 5 nitrogen and oxygen atoms in total. The van der Waals surface area contributed by atoms with Crippen molar-refractivity contribution in [2.24, 2.45) is 5.92 Å². The molecule has 0 saturated heterocycles. The van der Waals surface area contributed by atoms with Crippen molar-refractivity contribution in [3.05, 3.63) is 45.3 Å². The van der Waals surface area contributed by atoms with Crippen LogP contribution < -0.4 is 10.1 Å². The first kappa shape index (κ1) is 22.3. The fraction of sp³-hybridized carbons (Fsp3) is 0.500. The lowest BCUT2D eigenvalue weighted by atomic mass is 9.85. The van der Waals surface area contributed by atoms with Crippen molar-refractivity contribution in [2.45, 2.75) is 65.9 Å². The Bertz CT molecular complexity index is 934. The van der Waals surface area contributed by atoms with Crippen LogP contribution in [-0.4, -0.2) is 25.1 Å². The van der Waals surface area contributed by atoms with Crippen molar-refractivity contribution in [2.75, 3.05) is 12.4 Å². The number of thiophene rings is 1. The smallest absolute Gasteiger partial charge is 0.341 e. The molecule has 1 aliphatic rings. The SMILES string of the molecule is CC[C@H]1CCc2c(sc(NC(=O)[C@@H](CC)Oc3ccc(C)c(C)c3)c2C(=O)OC)C1. The molecule has 0 spiro atoms. The molecule has 30 heavy (non-hydrogen) atoms. The van der Waals surface area contributed by atoms with Crippen LogP contribution in [-0.2, 0) is 22.4 Å². The van der Waals surface area contributed by atoms with Gasteiger partial charge in [-0.1, -0.05) is 26.3 Å². The maximum atomic E-state index is 13.0. The van der Waals surface area contributed by atoms with Crippen LogP contribution in [0.4, 0.5) is 5.00 Å². The summed E-state index contributed by atoms with van der Waals surface area (Å²) in [5, 5.41) is 3.55. The van der Waals surface area contributed by atoms with E-state index in [4.69, 9.17) is 9.47 Å². The summed E-state index contributed by atoms with van der Waals surface area (Å²) in [5.41, 5.74) is 3.85. The molecule has 6 heteroatoms. The van der Waals surface area contributed by atoms with Crippen molar-refractivity contribution < 1.29 is 19.1 Å².